The SMILES string of the molecule is [2H]C([2H])([2H])NC(=O)c1nnccc1Nc1ccc(-c2cnn(C(C)C)c2)cc1OC1CC1. The first-order valence-electron chi connectivity index (χ1n) is 11.0. The minimum Gasteiger partial charge on any atom is -0.488 e. The Morgan fingerprint density at radius 3 is 2.86 bits per heavy atom. The summed E-state index contributed by atoms with van der Waals surface area (Å²) >= 11 is 0. The number of aromatic nitrogens is 4. The Morgan fingerprint density at radius 1 is 1.28 bits per heavy atom. The van der Waals surface area contributed by atoms with Crippen LogP contribution in [0.4, 0.5) is 11.4 Å². The largest absolute Gasteiger partial charge is 0.488 e. The molecule has 8 nitrogen and oxygen atoms in total. The van der Waals surface area contributed by atoms with Gasteiger partial charge in [0.2, 0.25) is 0 Å². The highest BCUT2D eigenvalue weighted by Crippen LogP contribution is 2.37. The number of ether oxygens (including phenoxy) is 1. The molecule has 1 saturated carbocycles. The summed E-state index contributed by atoms with van der Waals surface area (Å²) in [7, 11) is 0. The van der Waals surface area contributed by atoms with Gasteiger partial charge in [0, 0.05) is 28.9 Å². The topological polar surface area (TPSA) is 94.0 Å². The molecular formula is C21H24N6O2. The van der Waals surface area contributed by atoms with E-state index in [-0.39, 0.29) is 17.8 Å². The van der Waals surface area contributed by atoms with Crippen molar-refractivity contribution in [1.82, 2.24) is 25.3 Å². The van der Waals surface area contributed by atoms with Crippen molar-refractivity contribution in [2.45, 2.75) is 38.8 Å². The standard InChI is InChI=1S/C21H24N6O2/c1-13(2)27-12-15(11-24-27)14-4-7-17(19(10-14)29-16-5-6-16)25-18-8-9-23-26-20(18)21(28)22-3/h4,7-13,16H,5-6H2,1-3H3,(H,22,28)(H,23,25)/i3D3. The van der Waals surface area contributed by atoms with E-state index in [9.17, 15) is 4.79 Å². The molecule has 0 aliphatic heterocycles. The second-order valence-corrected chi connectivity index (χ2v) is 7.20. The third-order valence-electron chi connectivity index (χ3n) is 4.58. The van der Waals surface area contributed by atoms with Gasteiger partial charge >= 0.3 is 0 Å². The summed E-state index contributed by atoms with van der Waals surface area (Å²) in [5.41, 5.74) is 2.75. The first kappa shape index (κ1) is 15.5. The molecular weight excluding hydrogens is 368 g/mol. The molecule has 1 aliphatic carbocycles. The summed E-state index contributed by atoms with van der Waals surface area (Å²) in [6, 6.07) is 7.53. The summed E-state index contributed by atoms with van der Waals surface area (Å²) in [4.78, 5) is 12.4. The average molecular weight is 395 g/mol. The van der Waals surface area contributed by atoms with E-state index < -0.39 is 12.9 Å². The van der Waals surface area contributed by atoms with Crippen LogP contribution in [0.5, 0.6) is 5.75 Å². The van der Waals surface area contributed by atoms with Crippen LogP contribution in [0.25, 0.3) is 11.1 Å². The lowest BCUT2D eigenvalue weighted by Gasteiger charge is -2.15. The fourth-order valence-electron chi connectivity index (χ4n) is 2.84. The number of nitrogens with zero attached hydrogens (tertiary/aromatic N) is 4. The van der Waals surface area contributed by atoms with E-state index >= 15 is 0 Å². The van der Waals surface area contributed by atoms with E-state index in [1.165, 1.54) is 6.20 Å². The molecule has 0 atom stereocenters. The number of carbonyl (C=O) groups is 1. The van der Waals surface area contributed by atoms with Gasteiger partial charge in [-0.05, 0) is 50.5 Å². The Labute approximate surface area is 173 Å². The summed E-state index contributed by atoms with van der Waals surface area (Å²) < 4.78 is 29.8. The highest BCUT2D eigenvalue weighted by atomic mass is 16.5. The predicted octanol–water partition coefficient (Wildman–Crippen LogP) is 3.57. The zero-order chi connectivity index (χ0) is 22.9. The maximum atomic E-state index is 12.4. The van der Waals surface area contributed by atoms with Gasteiger partial charge in [-0.25, -0.2) is 0 Å². The van der Waals surface area contributed by atoms with Crippen LogP contribution in [0.2, 0.25) is 0 Å². The Hall–Kier alpha value is -3.42. The number of rotatable bonds is 7. The molecule has 3 aromatic rings. The van der Waals surface area contributed by atoms with E-state index in [0.717, 1.165) is 24.0 Å². The summed E-state index contributed by atoms with van der Waals surface area (Å²) in [6.07, 6.45) is 7.34. The Balaban J connectivity index is 1.64. The van der Waals surface area contributed by atoms with Crippen LogP contribution in [0.3, 0.4) is 0 Å². The zero-order valence-corrected chi connectivity index (χ0v) is 16.2. The summed E-state index contributed by atoms with van der Waals surface area (Å²) in [6.45, 7) is 1.50. The van der Waals surface area contributed by atoms with Crippen molar-refractivity contribution in [2.75, 3.05) is 12.3 Å². The molecule has 0 spiro atoms. The van der Waals surface area contributed by atoms with Gasteiger partial charge in [-0.3, -0.25) is 9.48 Å². The van der Waals surface area contributed by atoms with Crippen molar-refractivity contribution in [3.05, 3.63) is 48.5 Å². The van der Waals surface area contributed by atoms with E-state index in [1.807, 2.05) is 40.6 Å². The van der Waals surface area contributed by atoms with Crippen molar-refractivity contribution in [3.8, 4) is 16.9 Å². The third-order valence-corrected chi connectivity index (χ3v) is 4.58. The minimum absolute atomic E-state index is 0.122. The quantitative estimate of drug-likeness (QED) is 0.635. The van der Waals surface area contributed by atoms with Gasteiger partial charge in [0.05, 0.1) is 29.9 Å². The first-order valence-corrected chi connectivity index (χ1v) is 9.46. The number of hydrogen-bond acceptors (Lipinski definition) is 6. The molecule has 29 heavy (non-hydrogen) atoms. The molecule has 2 heterocycles. The van der Waals surface area contributed by atoms with Crippen LogP contribution in [-0.2, 0) is 0 Å². The van der Waals surface area contributed by atoms with Crippen LogP contribution >= 0.6 is 0 Å². The van der Waals surface area contributed by atoms with Crippen LogP contribution in [0.1, 0.15) is 47.3 Å². The molecule has 2 aromatic heterocycles. The van der Waals surface area contributed by atoms with Crippen LogP contribution in [0, 0.1) is 0 Å². The number of nitrogens with one attached hydrogen (secondary N) is 2. The minimum atomic E-state index is -2.63. The third kappa shape index (κ3) is 4.21. The highest BCUT2D eigenvalue weighted by molar-refractivity contribution is 5.98. The molecule has 0 bridgehead atoms. The van der Waals surface area contributed by atoms with Gasteiger partial charge in [0.15, 0.2) is 5.69 Å². The van der Waals surface area contributed by atoms with Gasteiger partial charge in [0.25, 0.3) is 5.91 Å². The Kier molecular flexibility index (Phi) is 4.22. The lowest BCUT2D eigenvalue weighted by Crippen LogP contribution is -2.21. The number of hydrogen-bond donors (Lipinski definition) is 2. The first-order chi connectivity index (χ1) is 15.2. The van der Waals surface area contributed by atoms with Crippen LogP contribution in [-0.4, -0.2) is 39.0 Å². The fourth-order valence-corrected chi connectivity index (χ4v) is 2.84. The molecule has 1 amide bonds. The van der Waals surface area contributed by atoms with Crippen molar-refractivity contribution in [2.24, 2.45) is 0 Å². The normalized spacial score (nSPS) is 15.3. The lowest BCUT2D eigenvalue weighted by atomic mass is 10.1. The van der Waals surface area contributed by atoms with Gasteiger partial charge in [-0.1, -0.05) is 6.07 Å². The smallest absolute Gasteiger partial charge is 0.273 e. The van der Waals surface area contributed by atoms with Gasteiger partial charge in [-0.15, -0.1) is 5.10 Å². The van der Waals surface area contributed by atoms with E-state index in [2.05, 4.69) is 34.5 Å². The monoisotopic (exact) mass is 395 g/mol. The highest BCUT2D eigenvalue weighted by Gasteiger charge is 2.25. The van der Waals surface area contributed by atoms with Gasteiger partial charge in [-0.2, -0.15) is 10.2 Å². The van der Waals surface area contributed by atoms with Crippen molar-refractivity contribution < 1.29 is 13.6 Å². The number of carbonyl (C=O) groups excluding carboxylic acids is 1. The molecule has 0 saturated heterocycles. The Bertz CT molecular complexity index is 1120. The summed E-state index contributed by atoms with van der Waals surface area (Å²) in [5.74, 6) is -0.218. The number of anilines is 2. The molecule has 4 rings (SSSR count). The van der Waals surface area contributed by atoms with Crippen LogP contribution < -0.4 is 15.4 Å². The van der Waals surface area contributed by atoms with Crippen molar-refractivity contribution >= 4 is 17.3 Å². The second-order valence-electron chi connectivity index (χ2n) is 7.20. The lowest BCUT2D eigenvalue weighted by molar-refractivity contribution is 0.0958. The predicted molar refractivity (Wildman–Crippen MR) is 110 cm³/mol. The molecule has 1 aliphatic rings. The zero-order valence-electron chi connectivity index (χ0n) is 19.2. The molecule has 0 radical (unpaired) electrons. The molecule has 2 N–H and O–H groups in total. The van der Waals surface area contributed by atoms with E-state index in [4.69, 9.17) is 8.85 Å². The van der Waals surface area contributed by atoms with Gasteiger partial charge in [0.1, 0.15) is 5.75 Å². The van der Waals surface area contributed by atoms with Crippen LogP contribution in [0.15, 0.2) is 42.9 Å². The average Bonchev–Trinajstić information content (AvgIpc) is 3.39. The second kappa shape index (κ2) is 7.90. The molecule has 1 fully saturated rings. The maximum absolute atomic E-state index is 12.4. The number of benzene rings is 1. The molecule has 150 valence electrons. The maximum Gasteiger partial charge on any atom is 0.273 e. The number of amides is 1. The molecule has 1 aromatic carbocycles. The Morgan fingerprint density at radius 2 is 2.14 bits per heavy atom. The van der Waals surface area contributed by atoms with Crippen molar-refractivity contribution in [1.29, 1.82) is 0 Å². The van der Waals surface area contributed by atoms with Gasteiger partial charge < -0.3 is 15.4 Å². The van der Waals surface area contributed by atoms with E-state index in [0.29, 0.717) is 17.1 Å². The van der Waals surface area contributed by atoms with Crippen molar-refractivity contribution in [3.63, 3.8) is 0 Å². The molecule has 0 unspecified atom stereocenters. The molecule has 8 heteroatoms. The fraction of sp³-hybridized carbons (Fsp3) is 0.333. The van der Waals surface area contributed by atoms with E-state index in [1.54, 1.807) is 6.07 Å². The summed E-state index contributed by atoms with van der Waals surface area (Å²) in [5, 5.41) is 17.0.